The number of rotatable bonds is 6. The largest absolute Gasteiger partial charge is 0.464 e. The van der Waals surface area contributed by atoms with E-state index >= 15 is 0 Å². The minimum Gasteiger partial charge on any atom is -0.464 e. The van der Waals surface area contributed by atoms with E-state index in [1.54, 1.807) is 36.0 Å². The summed E-state index contributed by atoms with van der Waals surface area (Å²) in [5.74, 6) is 0.266. The molecule has 0 saturated carbocycles. The molecule has 0 aromatic carbocycles. The topological polar surface area (TPSA) is 119 Å². The quantitative estimate of drug-likeness (QED) is 0.566. The second kappa shape index (κ2) is 7.50. The van der Waals surface area contributed by atoms with Crippen LogP contribution >= 0.6 is 0 Å². The molecular weight excluding hydrogens is 352 g/mol. The van der Waals surface area contributed by atoms with Gasteiger partial charge in [-0.3, -0.25) is 4.79 Å². The number of esters is 1. The molecule has 3 rings (SSSR count). The maximum atomic E-state index is 12.2. The molecule has 1 amide bonds. The molecule has 0 spiro atoms. The number of pyridine rings is 1. The summed E-state index contributed by atoms with van der Waals surface area (Å²) in [6.07, 6.45) is 1.62. The van der Waals surface area contributed by atoms with Crippen LogP contribution in [0.3, 0.4) is 0 Å². The van der Waals surface area contributed by atoms with Gasteiger partial charge in [0.15, 0.2) is 5.69 Å². The maximum Gasteiger partial charge on any atom is 0.356 e. The van der Waals surface area contributed by atoms with E-state index < -0.39 is 5.97 Å². The van der Waals surface area contributed by atoms with Crippen molar-refractivity contribution in [2.75, 3.05) is 17.7 Å². The van der Waals surface area contributed by atoms with Gasteiger partial charge in [0, 0.05) is 19.4 Å². The van der Waals surface area contributed by atoms with Crippen LogP contribution in [0.5, 0.6) is 0 Å². The molecule has 0 radical (unpaired) electrons. The van der Waals surface area contributed by atoms with E-state index in [0.717, 1.165) is 0 Å². The van der Waals surface area contributed by atoms with Crippen molar-refractivity contribution in [2.45, 2.75) is 20.1 Å². The average Bonchev–Trinajstić information content (AvgIpc) is 3.22. The molecule has 3 aromatic rings. The molecule has 0 aliphatic carbocycles. The molecule has 3 heterocycles. The fourth-order valence-electron chi connectivity index (χ4n) is 2.84. The van der Waals surface area contributed by atoms with E-state index in [1.165, 1.54) is 14.0 Å². The Hall–Kier alpha value is -3.33. The number of aliphatic hydroxyl groups excluding tert-OH is 1. The number of nitrogens with one attached hydrogen (secondary N) is 2. The van der Waals surface area contributed by atoms with Gasteiger partial charge in [0.1, 0.15) is 23.8 Å². The first-order valence-electron chi connectivity index (χ1n) is 8.21. The van der Waals surface area contributed by atoms with Crippen LogP contribution in [0.4, 0.5) is 11.4 Å². The molecular formula is C18H20N4O5. The van der Waals surface area contributed by atoms with Gasteiger partial charge in [0.2, 0.25) is 5.91 Å². The van der Waals surface area contributed by atoms with Gasteiger partial charge in [-0.2, -0.15) is 0 Å². The van der Waals surface area contributed by atoms with Crippen molar-refractivity contribution >= 4 is 34.3 Å². The first-order valence-corrected chi connectivity index (χ1v) is 8.21. The third kappa shape index (κ3) is 3.63. The predicted octanol–water partition coefficient (Wildman–Crippen LogP) is 2.02. The molecule has 9 nitrogen and oxygen atoms in total. The third-order valence-electron chi connectivity index (χ3n) is 4.05. The summed E-state index contributed by atoms with van der Waals surface area (Å²) in [5, 5.41) is 15.5. The minimum atomic E-state index is -0.569. The normalized spacial score (nSPS) is 10.8. The minimum absolute atomic E-state index is 0.159. The molecule has 0 atom stereocenters. The van der Waals surface area contributed by atoms with Crippen LogP contribution in [0, 0.1) is 0 Å². The number of ether oxygens (including phenoxy) is 1. The Labute approximate surface area is 154 Å². The molecule has 27 heavy (non-hydrogen) atoms. The van der Waals surface area contributed by atoms with Gasteiger partial charge in [0.05, 0.1) is 31.2 Å². The Morgan fingerprint density at radius 2 is 2.07 bits per heavy atom. The lowest BCUT2D eigenvalue weighted by Crippen LogP contribution is -2.13. The number of aryl methyl sites for hydroxylation is 1. The van der Waals surface area contributed by atoms with E-state index in [1.807, 2.05) is 0 Å². The Bertz CT molecular complexity index is 1000. The Morgan fingerprint density at radius 3 is 2.70 bits per heavy atom. The summed E-state index contributed by atoms with van der Waals surface area (Å²) in [6, 6.07) is 5.26. The molecule has 0 bridgehead atoms. The highest BCUT2D eigenvalue weighted by atomic mass is 16.5. The van der Waals surface area contributed by atoms with Crippen LogP contribution in [0.2, 0.25) is 0 Å². The number of hydrogen-bond acceptors (Lipinski definition) is 7. The highest BCUT2D eigenvalue weighted by Gasteiger charge is 2.23. The number of fused-ring (bicyclic) bond motifs is 1. The van der Waals surface area contributed by atoms with E-state index in [2.05, 4.69) is 15.6 Å². The van der Waals surface area contributed by atoms with E-state index in [9.17, 15) is 9.59 Å². The van der Waals surface area contributed by atoms with Crippen LogP contribution in [-0.2, 0) is 29.7 Å². The number of carbonyl (C=O) groups excluding carboxylic acids is 2. The van der Waals surface area contributed by atoms with Gasteiger partial charge < -0.3 is 29.5 Å². The summed E-state index contributed by atoms with van der Waals surface area (Å²) >= 11 is 0. The fourth-order valence-corrected chi connectivity index (χ4v) is 2.84. The van der Waals surface area contributed by atoms with Crippen LogP contribution in [0.15, 0.2) is 28.8 Å². The van der Waals surface area contributed by atoms with Crippen molar-refractivity contribution in [1.29, 1.82) is 0 Å². The van der Waals surface area contributed by atoms with Crippen molar-refractivity contribution in [1.82, 2.24) is 9.55 Å². The molecule has 0 unspecified atom stereocenters. The summed E-state index contributed by atoms with van der Waals surface area (Å²) in [6.45, 7) is 1.60. The predicted molar refractivity (Wildman–Crippen MR) is 98.3 cm³/mol. The SMILES string of the molecule is COC(=O)c1c(NC(C)=O)c2cc(NCc3ccc(CO)o3)cnc2n1C. The zero-order valence-corrected chi connectivity index (χ0v) is 15.2. The van der Waals surface area contributed by atoms with Crippen LogP contribution in [-0.4, -0.2) is 33.6 Å². The monoisotopic (exact) mass is 372 g/mol. The summed E-state index contributed by atoms with van der Waals surface area (Å²) < 4.78 is 11.8. The summed E-state index contributed by atoms with van der Waals surface area (Å²) in [4.78, 5) is 28.2. The third-order valence-corrected chi connectivity index (χ3v) is 4.05. The van der Waals surface area contributed by atoms with Gasteiger partial charge in [-0.05, 0) is 18.2 Å². The van der Waals surface area contributed by atoms with Crippen molar-refractivity contribution in [2.24, 2.45) is 7.05 Å². The lowest BCUT2D eigenvalue weighted by molar-refractivity contribution is -0.114. The Balaban J connectivity index is 1.97. The van der Waals surface area contributed by atoms with E-state index in [-0.39, 0.29) is 18.2 Å². The summed E-state index contributed by atoms with van der Waals surface area (Å²) in [7, 11) is 2.96. The van der Waals surface area contributed by atoms with E-state index in [0.29, 0.717) is 40.5 Å². The number of amides is 1. The number of furan rings is 1. The second-order valence-electron chi connectivity index (χ2n) is 5.93. The van der Waals surface area contributed by atoms with Gasteiger partial charge >= 0.3 is 5.97 Å². The van der Waals surface area contributed by atoms with Crippen molar-refractivity contribution in [3.8, 4) is 0 Å². The number of anilines is 2. The van der Waals surface area contributed by atoms with Crippen LogP contribution < -0.4 is 10.6 Å². The first kappa shape index (κ1) is 18.5. The molecule has 0 aliphatic rings. The summed E-state index contributed by atoms with van der Waals surface area (Å²) in [5.41, 5.74) is 1.78. The highest BCUT2D eigenvalue weighted by Crippen LogP contribution is 2.31. The van der Waals surface area contributed by atoms with Gasteiger partial charge in [-0.1, -0.05) is 0 Å². The van der Waals surface area contributed by atoms with Crippen molar-refractivity contribution < 1.29 is 23.8 Å². The van der Waals surface area contributed by atoms with Gasteiger partial charge in [-0.25, -0.2) is 9.78 Å². The molecule has 0 aliphatic heterocycles. The Morgan fingerprint density at radius 1 is 1.33 bits per heavy atom. The smallest absolute Gasteiger partial charge is 0.356 e. The number of hydrogen-bond donors (Lipinski definition) is 3. The van der Waals surface area contributed by atoms with Gasteiger partial charge in [0.25, 0.3) is 0 Å². The fraction of sp³-hybridized carbons (Fsp3) is 0.278. The van der Waals surface area contributed by atoms with Crippen LogP contribution in [0.1, 0.15) is 28.9 Å². The van der Waals surface area contributed by atoms with E-state index in [4.69, 9.17) is 14.3 Å². The number of aromatic nitrogens is 2. The molecule has 142 valence electrons. The maximum absolute atomic E-state index is 12.2. The lowest BCUT2D eigenvalue weighted by Gasteiger charge is -2.06. The molecule has 3 N–H and O–H groups in total. The number of methoxy groups -OCH3 is 1. The van der Waals surface area contributed by atoms with Gasteiger partial charge in [-0.15, -0.1) is 0 Å². The molecule has 3 aromatic heterocycles. The molecule has 9 heteroatoms. The average molecular weight is 372 g/mol. The second-order valence-corrected chi connectivity index (χ2v) is 5.93. The molecule has 0 fully saturated rings. The zero-order valence-electron chi connectivity index (χ0n) is 15.2. The van der Waals surface area contributed by atoms with Crippen molar-refractivity contribution in [3.05, 3.63) is 41.6 Å². The van der Waals surface area contributed by atoms with Crippen LogP contribution in [0.25, 0.3) is 11.0 Å². The van der Waals surface area contributed by atoms with Crippen molar-refractivity contribution in [3.63, 3.8) is 0 Å². The molecule has 0 saturated heterocycles. The number of aliphatic hydroxyl groups is 1. The highest BCUT2D eigenvalue weighted by molar-refractivity contribution is 6.10. The number of nitrogens with zero attached hydrogens (tertiary/aromatic N) is 2. The number of carbonyl (C=O) groups is 2. The zero-order chi connectivity index (χ0) is 19.6. The standard InChI is InChI=1S/C18H20N4O5/c1-10(24)21-15-14-6-11(19-8-12-4-5-13(9-23)27-12)7-20-17(14)22(2)16(15)18(25)26-3/h4-7,19,23H,8-9H2,1-3H3,(H,21,24). The lowest BCUT2D eigenvalue weighted by atomic mass is 10.2. The Kier molecular flexibility index (Phi) is 5.13. The first-order chi connectivity index (χ1) is 12.9.